The standard InChI is InChI=1S/C29H31ClN4O2/c1-19(2)34-17-24(25(18-34)29(36)32-23-14-12-22(30)13-15-23)21-10-7-20(8-11-21)9-16-28(35)33-27-6-4-3-5-26(27)31/h3-16,19,24-25H,17-18,31H2,1-2H3,(H,32,36)(H,33,35)/b16-9+/t24-,25+/m1/s1. The number of amides is 2. The number of benzene rings is 3. The number of anilines is 3. The predicted molar refractivity (Wildman–Crippen MR) is 148 cm³/mol. The summed E-state index contributed by atoms with van der Waals surface area (Å²) in [6.45, 7) is 5.82. The Morgan fingerprint density at radius 2 is 1.67 bits per heavy atom. The second kappa shape index (κ2) is 11.4. The minimum absolute atomic E-state index is 0.00583. The van der Waals surface area contributed by atoms with Crippen LogP contribution in [0.25, 0.3) is 6.08 Å². The average Bonchev–Trinajstić information content (AvgIpc) is 3.32. The van der Waals surface area contributed by atoms with Crippen LogP contribution in [0.2, 0.25) is 5.02 Å². The second-order valence-corrected chi connectivity index (χ2v) is 9.77. The number of rotatable bonds is 7. The molecule has 186 valence electrons. The zero-order valence-corrected chi connectivity index (χ0v) is 21.2. The molecular formula is C29H31ClN4O2. The third-order valence-corrected chi connectivity index (χ3v) is 6.79. The van der Waals surface area contributed by atoms with Crippen molar-refractivity contribution in [3.63, 3.8) is 0 Å². The zero-order chi connectivity index (χ0) is 25.7. The summed E-state index contributed by atoms with van der Waals surface area (Å²) in [5.41, 5.74) is 9.73. The van der Waals surface area contributed by atoms with E-state index >= 15 is 0 Å². The van der Waals surface area contributed by atoms with Crippen molar-refractivity contribution >= 4 is 46.6 Å². The summed E-state index contributed by atoms with van der Waals surface area (Å²) in [6.07, 6.45) is 3.25. The van der Waals surface area contributed by atoms with Crippen molar-refractivity contribution in [1.82, 2.24) is 4.90 Å². The lowest BCUT2D eigenvalue weighted by atomic mass is 9.88. The van der Waals surface area contributed by atoms with Crippen LogP contribution >= 0.6 is 11.6 Å². The molecule has 36 heavy (non-hydrogen) atoms. The second-order valence-electron chi connectivity index (χ2n) is 9.33. The molecule has 0 saturated carbocycles. The topological polar surface area (TPSA) is 87.5 Å². The van der Waals surface area contributed by atoms with E-state index in [1.54, 1.807) is 30.3 Å². The molecule has 4 N–H and O–H groups in total. The first-order valence-corrected chi connectivity index (χ1v) is 12.4. The highest BCUT2D eigenvalue weighted by Gasteiger charge is 2.39. The van der Waals surface area contributed by atoms with Crippen molar-refractivity contribution in [3.8, 4) is 0 Å². The van der Waals surface area contributed by atoms with E-state index in [1.807, 2.05) is 48.5 Å². The summed E-state index contributed by atoms with van der Waals surface area (Å²) in [4.78, 5) is 27.9. The predicted octanol–water partition coefficient (Wildman–Crippen LogP) is 5.64. The van der Waals surface area contributed by atoms with Gasteiger partial charge in [0.15, 0.2) is 0 Å². The van der Waals surface area contributed by atoms with Gasteiger partial charge in [0, 0.05) is 41.8 Å². The molecule has 3 aromatic carbocycles. The van der Waals surface area contributed by atoms with Crippen LogP contribution in [-0.2, 0) is 9.59 Å². The minimum Gasteiger partial charge on any atom is -0.397 e. The summed E-state index contributed by atoms with van der Waals surface area (Å²) in [7, 11) is 0. The van der Waals surface area contributed by atoms with E-state index in [2.05, 4.69) is 29.4 Å². The molecule has 1 aliphatic heterocycles. The SMILES string of the molecule is CC(C)N1C[C@H](C(=O)Nc2ccc(Cl)cc2)[C@@H](c2ccc(/C=C/C(=O)Nc3ccccc3N)cc2)C1. The normalized spacial score (nSPS) is 18.0. The summed E-state index contributed by atoms with van der Waals surface area (Å²) in [6, 6.07) is 22.7. The van der Waals surface area contributed by atoms with Crippen LogP contribution in [0.5, 0.6) is 0 Å². The van der Waals surface area contributed by atoms with Crippen LogP contribution in [0.1, 0.15) is 30.9 Å². The van der Waals surface area contributed by atoms with Crippen LogP contribution in [0, 0.1) is 5.92 Å². The van der Waals surface area contributed by atoms with Gasteiger partial charge in [-0.15, -0.1) is 0 Å². The number of nitrogens with one attached hydrogen (secondary N) is 2. The molecule has 1 heterocycles. The number of nitrogens with zero attached hydrogens (tertiary/aromatic N) is 1. The molecule has 3 aromatic rings. The van der Waals surface area contributed by atoms with E-state index in [1.165, 1.54) is 6.08 Å². The van der Waals surface area contributed by atoms with Crippen LogP contribution in [0.4, 0.5) is 17.1 Å². The number of carbonyl (C=O) groups excluding carboxylic acids is 2. The maximum Gasteiger partial charge on any atom is 0.248 e. The number of nitrogen functional groups attached to an aromatic ring is 1. The lowest BCUT2D eigenvalue weighted by Crippen LogP contribution is -2.31. The minimum atomic E-state index is -0.251. The van der Waals surface area contributed by atoms with Crippen LogP contribution in [0.3, 0.4) is 0 Å². The Kier molecular flexibility index (Phi) is 8.08. The fourth-order valence-corrected chi connectivity index (χ4v) is 4.56. The highest BCUT2D eigenvalue weighted by atomic mass is 35.5. The Balaban J connectivity index is 1.44. The largest absolute Gasteiger partial charge is 0.397 e. The highest BCUT2D eigenvalue weighted by molar-refractivity contribution is 6.30. The molecule has 0 aliphatic carbocycles. The van der Waals surface area contributed by atoms with Gasteiger partial charge in [-0.3, -0.25) is 14.5 Å². The van der Waals surface area contributed by atoms with Crippen molar-refractivity contribution in [2.75, 3.05) is 29.5 Å². The molecule has 0 unspecified atom stereocenters. The Hall–Kier alpha value is -3.61. The van der Waals surface area contributed by atoms with Crippen molar-refractivity contribution in [2.24, 2.45) is 5.92 Å². The Morgan fingerprint density at radius 3 is 2.33 bits per heavy atom. The van der Waals surface area contributed by atoms with E-state index in [4.69, 9.17) is 17.3 Å². The van der Waals surface area contributed by atoms with Crippen molar-refractivity contribution in [1.29, 1.82) is 0 Å². The van der Waals surface area contributed by atoms with Gasteiger partial charge in [-0.25, -0.2) is 0 Å². The Labute approximate surface area is 217 Å². The van der Waals surface area contributed by atoms with Crippen molar-refractivity contribution < 1.29 is 9.59 Å². The number of likely N-dealkylation sites (tertiary alicyclic amines) is 1. The van der Waals surface area contributed by atoms with E-state index in [9.17, 15) is 9.59 Å². The highest BCUT2D eigenvalue weighted by Crippen LogP contribution is 2.35. The monoisotopic (exact) mass is 502 g/mol. The molecule has 1 aliphatic rings. The number of hydrogen-bond donors (Lipinski definition) is 3. The van der Waals surface area contributed by atoms with E-state index in [0.717, 1.165) is 23.4 Å². The van der Waals surface area contributed by atoms with Crippen LogP contribution in [0.15, 0.2) is 78.9 Å². The van der Waals surface area contributed by atoms with Gasteiger partial charge in [0.2, 0.25) is 11.8 Å². The van der Waals surface area contributed by atoms with Gasteiger partial charge in [-0.2, -0.15) is 0 Å². The average molecular weight is 503 g/mol. The number of carbonyl (C=O) groups is 2. The quantitative estimate of drug-likeness (QED) is 0.288. The fourth-order valence-electron chi connectivity index (χ4n) is 4.44. The molecule has 0 radical (unpaired) electrons. The van der Waals surface area contributed by atoms with E-state index in [0.29, 0.717) is 29.0 Å². The van der Waals surface area contributed by atoms with E-state index in [-0.39, 0.29) is 23.7 Å². The molecule has 6 nitrogen and oxygen atoms in total. The maximum atomic E-state index is 13.2. The smallest absolute Gasteiger partial charge is 0.248 e. The van der Waals surface area contributed by atoms with Crippen molar-refractivity contribution in [2.45, 2.75) is 25.8 Å². The molecular weight excluding hydrogens is 472 g/mol. The molecule has 4 rings (SSSR count). The number of para-hydroxylation sites is 2. The van der Waals surface area contributed by atoms with Gasteiger partial charge >= 0.3 is 0 Å². The summed E-state index contributed by atoms with van der Waals surface area (Å²) < 4.78 is 0. The van der Waals surface area contributed by atoms with Gasteiger partial charge in [0.05, 0.1) is 17.3 Å². The number of halogens is 1. The molecule has 0 bridgehead atoms. The Morgan fingerprint density at radius 1 is 0.972 bits per heavy atom. The fraction of sp³-hybridized carbons (Fsp3) is 0.241. The van der Waals surface area contributed by atoms with Gasteiger partial charge < -0.3 is 16.4 Å². The first-order chi connectivity index (χ1) is 17.3. The molecule has 1 fully saturated rings. The first-order valence-electron chi connectivity index (χ1n) is 12.0. The van der Waals surface area contributed by atoms with Gasteiger partial charge in [-0.1, -0.05) is 48.0 Å². The molecule has 0 spiro atoms. The molecule has 0 aromatic heterocycles. The third kappa shape index (κ3) is 6.33. The van der Waals surface area contributed by atoms with Crippen LogP contribution < -0.4 is 16.4 Å². The molecule has 7 heteroatoms. The van der Waals surface area contributed by atoms with Gasteiger partial charge in [0.1, 0.15) is 0 Å². The molecule has 2 atom stereocenters. The first kappa shape index (κ1) is 25.5. The summed E-state index contributed by atoms with van der Waals surface area (Å²) in [5, 5.41) is 6.47. The van der Waals surface area contributed by atoms with Crippen LogP contribution in [-0.4, -0.2) is 35.8 Å². The third-order valence-electron chi connectivity index (χ3n) is 6.54. The number of nitrogens with two attached hydrogens (primary N) is 1. The summed E-state index contributed by atoms with van der Waals surface area (Å²) in [5.74, 6) is -0.348. The van der Waals surface area contributed by atoms with E-state index < -0.39 is 0 Å². The van der Waals surface area contributed by atoms with Crippen molar-refractivity contribution in [3.05, 3.63) is 95.0 Å². The summed E-state index contributed by atoms with van der Waals surface area (Å²) >= 11 is 5.98. The maximum absolute atomic E-state index is 13.2. The lowest BCUT2D eigenvalue weighted by Gasteiger charge is -2.20. The Bertz CT molecular complexity index is 1240. The number of hydrogen-bond acceptors (Lipinski definition) is 4. The zero-order valence-electron chi connectivity index (χ0n) is 20.4. The van der Waals surface area contributed by atoms with Gasteiger partial charge in [0.25, 0.3) is 0 Å². The van der Waals surface area contributed by atoms with Gasteiger partial charge in [-0.05, 0) is 67.4 Å². The molecule has 1 saturated heterocycles. The lowest BCUT2D eigenvalue weighted by molar-refractivity contribution is -0.120. The molecule has 2 amide bonds.